The summed E-state index contributed by atoms with van der Waals surface area (Å²) in [6, 6.07) is 2.48. The maximum absolute atomic E-state index is 5.75. The third-order valence-corrected chi connectivity index (χ3v) is 3.77. The minimum Gasteiger partial charge on any atom is -0.367 e. The van der Waals surface area contributed by atoms with Crippen molar-refractivity contribution in [3.8, 4) is 0 Å². The summed E-state index contributed by atoms with van der Waals surface area (Å²) in [5, 5.41) is 3.42. The number of nitrogens with two attached hydrogens (primary N) is 1. The molecule has 0 spiro atoms. The number of nitrogens with one attached hydrogen (secondary N) is 1. The monoisotopic (exact) mass is 263 g/mol. The molecule has 1 aliphatic heterocycles. The van der Waals surface area contributed by atoms with Gasteiger partial charge in [-0.1, -0.05) is 6.92 Å². The summed E-state index contributed by atoms with van der Waals surface area (Å²) >= 11 is 0. The summed E-state index contributed by atoms with van der Waals surface area (Å²) in [6.45, 7) is 9.09. The number of aromatic nitrogens is 2. The number of hydrogen-bond donors (Lipinski definition) is 2. The highest BCUT2D eigenvalue weighted by molar-refractivity contribution is 5.50. The van der Waals surface area contributed by atoms with Crippen molar-refractivity contribution >= 4 is 11.6 Å². The molecule has 2 rings (SSSR count). The summed E-state index contributed by atoms with van der Waals surface area (Å²) in [5.74, 6) is 3.36. The van der Waals surface area contributed by atoms with E-state index in [1.54, 1.807) is 0 Å². The van der Waals surface area contributed by atoms with Crippen molar-refractivity contribution in [1.82, 2.24) is 9.97 Å². The molecule has 1 saturated heterocycles. The van der Waals surface area contributed by atoms with Gasteiger partial charge in [-0.15, -0.1) is 0 Å². The maximum atomic E-state index is 5.75. The Bertz CT molecular complexity index is 420. The van der Waals surface area contributed by atoms with Crippen LogP contribution in [0, 0.1) is 12.8 Å². The van der Waals surface area contributed by atoms with Crippen LogP contribution in [0.15, 0.2) is 6.07 Å². The smallest absolute Gasteiger partial charge is 0.134 e. The van der Waals surface area contributed by atoms with E-state index in [2.05, 4.69) is 40.1 Å². The van der Waals surface area contributed by atoms with Gasteiger partial charge < -0.3 is 16.0 Å². The highest BCUT2D eigenvalue weighted by Crippen LogP contribution is 2.23. The molecular formula is C14H25N5. The SMILES string of the molecule is CCC(C)Nc1cc(N2CCC(CN)C2)nc(C)n1. The zero-order valence-electron chi connectivity index (χ0n) is 12.2. The van der Waals surface area contributed by atoms with Crippen LogP contribution in [-0.4, -0.2) is 35.6 Å². The van der Waals surface area contributed by atoms with Crippen LogP contribution in [0.3, 0.4) is 0 Å². The molecule has 1 aromatic heterocycles. The Labute approximate surface area is 115 Å². The largest absolute Gasteiger partial charge is 0.367 e. The van der Waals surface area contributed by atoms with Gasteiger partial charge in [-0.25, -0.2) is 9.97 Å². The van der Waals surface area contributed by atoms with Crippen LogP contribution < -0.4 is 16.0 Å². The van der Waals surface area contributed by atoms with Gasteiger partial charge in [-0.2, -0.15) is 0 Å². The fraction of sp³-hybridized carbons (Fsp3) is 0.714. The Morgan fingerprint density at radius 1 is 1.53 bits per heavy atom. The van der Waals surface area contributed by atoms with Crippen LogP contribution in [0.25, 0.3) is 0 Å². The van der Waals surface area contributed by atoms with Crippen molar-refractivity contribution < 1.29 is 0 Å². The first-order valence-corrected chi connectivity index (χ1v) is 7.19. The molecule has 0 amide bonds. The molecule has 0 radical (unpaired) electrons. The average Bonchev–Trinajstić information content (AvgIpc) is 2.86. The number of aryl methyl sites for hydroxylation is 1. The molecule has 1 aromatic rings. The van der Waals surface area contributed by atoms with E-state index in [9.17, 15) is 0 Å². The molecule has 2 unspecified atom stereocenters. The molecular weight excluding hydrogens is 238 g/mol. The Hall–Kier alpha value is -1.36. The standard InChI is InChI=1S/C14H25N5/c1-4-10(2)16-13-7-14(18-11(3)17-13)19-6-5-12(8-15)9-19/h7,10,12H,4-6,8-9,15H2,1-3H3,(H,16,17,18). The third kappa shape index (κ3) is 3.56. The predicted octanol–water partition coefficient (Wildman–Crippen LogP) is 1.78. The fourth-order valence-electron chi connectivity index (χ4n) is 2.38. The molecule has 5 heteroatoms. The highest BCUT2D eigenvalue weighted by Gasteiger charge is 2.23. The van der Waals surface area contributed by atoms with Crippen LogP contribution in [-0.2, 0) is 0 Å². The summed E-state index contributed by atoms with van der Waals surface area (Å²) in [4.78, 5) is 11.3. The summed E-state index contributed by atoms with van der Waals surface area (Å²) in [5.41, 5.74) is 5.75. The van der Waals surface area contributed by atoms with Crippen molar-refractivity contribution in [1.29, 1.82) is 0 Å². The number of nitrogens with zero attached hydrogens (tertiary/aromatic N) is 3. The van der Waals surface area contributed by atoms with Crippen molar-refractivity contribution in [3.05, 3.63) is 11.9 Å². The molecule has 1 aliphatic rings. The van der Waals surface area contributed by atoms with Gasteiger partial charge in [-0.3, -0.25) is 0 Å². The van der Waals surface area contributed by atoms with E-state index < -0.39 is 0 Å². The van der Waals surface area contributed by atoms with E-state index in [1.807, 2.05) is 6.92 Å². The lowest BCUT2D eigenvalue weighted by Crippen LogP contribution is -2.24. The van der Waals surface area contributed by atoms with Crippen LogP contribution in [0.2, 0.25) is 0 Å². The quantitative estimate of drug-likeness (QED) is 0.847. The Balaban J connectivity index is 2.12. The first kappa shape index (κ1) is 14.1. The normalized spacial score (nSPS) is 20.6. The minimum atomic E-state index is 0.428. The van der Waals surface area contributed by atoms with E-state index in [-0.39, 0.29) is 0 Å². The topological polar surface area (TPSA) is 67.1 Å². The molecule has 19 heavy (non-hydrogen) atoms. The molecule has 5 nitrogen and oxygen atoms in total. The molecule has 0 saturated carbocycles. The van der Waals surface area contributed by atoms with Crippen LogP contribution in [0.1, 0.15) is 32.5 Å². The van der Waals surface area contributed by atoms with Crippen LogP contribution in [0.5, 0.6) is 0 Å². The Morgan fingerprint density at radius 2 is 2.32 bits per heavy atom. The lowest BCUT2D eigenvalue weighted by atomic mass is 10.1. The van der Waals surface area contributed by atoms with E-state index in [1.165, 1.54) is 0 Å². The lowest BCUT2D eigenvalue weighted by Gasteiger charge is -2.20. The number of hydrogen-bond acceptors (Lipinski definition) is 5. The third-order valence-electron chi connectivity index (χ3n) is 3.77. The van der Waals surface area contributed by atoms with Crippen molar-refractivity contribution in [2.45, 2.75) is 39.7 Å². The van der Waals surface area contributed by atoms with E-state index in [0.717, 1.165) is 49.9 Å². The zero-order chi connectivity index (χ0) is 13.8. The number of rotatable bonds is 5. The maximum Gasteiger partial charge on any atom is 0.134 e. The highest BCUT2D eigenvalue weighted by atomic mass is 15.2. The average molecular weight is 263 g/mol. The first-order chi connectivity index (χ1) is 9.12. The second-order valence-electron chi connectivity index (χ2n) is 5.45. The first-order valence-electron chi connectivity index (χ1n) is 7.19. The molecule has 0 aliphatic carbocycles. The number of anilines is 2. The molecule has 2 heterocycles. The Morgan fingerprint density at radius 3 is 2.95 bits per heavy atom. The zero-order valence-corrected chi connectivity index (χ0v) is 12.2. The second kappa shape index (κ2) is 6.19. The fourth-order valence-corrected chi connectivity index (χ4v) is 2.38. The molecule has 0 bridgehead atoms. The molecule has 0 aromatic carbocycles. The lowest BCUT2D eigenvalue weighted by molar-refractivity contribution is 0.602. The summed E-state index contributed by atoms with van der Waals surface area (Å²) in [6.07, 6.45) is 2.24. The van der Waals surface area contributed by atoms with Crippen LogP contribution >= 0.6 is 0 Å². The molecule has 106 valence electrons. The van der Waals surface area contributed by atoms with Gasteiger partial charge in [0.05, 0.1) is 0 Å². The Kier molecular flexibility index (Phi) is 4.58. The molecule has 1 fully saturated rings. The summed E-state index contributed by atoms with van der Waals surface area (Å²) < 4.78 is 0. The van der Waals surface area contributed by atoms with E-state index in [0.29, 0.717) is 12.0 Å². The van der Waals surface area contributed by atoms with Crippen molar-refractivity contribution in [3.63, 3.8) is 0 Å². The minimum absolute atomic E-state index is 0.428. The van der Waals surface area contributed by atoms with Crippen LogP contribution in [0.4, 0.5) is 11.6 Å². The van der Waals surface area contributed by atoms with Gasteiger partial charge in [0.2, 0.25) is 0 Å². The van der Waals surface area contributed by atoms with Gasteiger partial charge in [-0.05, 0) is 39.2 Å². The van der Waals surface area contributed by atoms with Gasteiger partial charge in [0.1, 0.15) is 17.5 Å². The van der Waals surface area contributed by atoms with Gasteiger partial charge in [0, 0.05) is 25.2 Å². The molecule has 3 N–H and O–H groups in total. The van der Waals surface area contributed by atoms with Crippen molar-refractivity contribution in [2.75, 3.05) is 29.9 Å². The second-order valence-corrected chi connectivity index (χ2v) is 5.45. The predicted molar refractivity (Wildman–Crippen MR) is 79.5 cm³/mol. The van der Waals surface area contributed by atoms with E-state index >= 15 is 0 Å². The van der Waals surface area contributed by atoms with Gasteiger partial charge in [0.15, 0.2) is 0 Å². The molecule has 2 atom stereocenters. The summed E-state index contributed by atoms with van der Waals surface area (Å²) in [7, 11) is 0. The van der Waals surface area contributed by atoms with Crippen molar-refractivity contribution in [2.24, 2.45) is 11.7 Å². The van der Waals surface area contributed by atoms with Gasteiger partial charge in [0.25, 0.3) is 0 Å². The van der Waals surface area contributed by atoms with E-state index in [4.69, 9.17) is 5.73 Å². The van der Waals surface area contributed by atoms with Gasteiger partial charge >= 0.3 is 0 Å².